The molecule has 0 aliphatic rings. The third-order valence-corrected chi connectivity index (χ3v) is 2.14. The second-order valence-electron chi connectivity index (χ2n) is 3.28. The van der Waals surface area contributed by atoms with E-state index in [1.54, 1.807) is 0 Å². The summed E-state index contributed by atoms with van der Waals surface area (Å²) in [5, 5.41) is 9.33. The number of halogens is 2. The quantitative estimate of drug-likeness (QED) is 0.821. The lowest BCUT2D eigenvalue weighted by Gasteiger charge is -2.06. The van der Waals surface area contributed by atoms with E-state index in [1.165, 1.54) is 0 Å². The Morgan fingerprint density at radius 2 is 2.12 bits per heavy atom. The highest BCUT2D eigenvalue weighted by atomic mass is 19.1. The van der Waals surface area contributed by atoms with Crippen LogP contribution in [0.4, 0.5) is 8.78 Å². The van der Waals surface area contributed by atoms with Crippen LogP contribution in [0, 0.1) is 11.8 Å². The highest BCUT2D eigenvalue weighted by Crippen LogP contribution is 2.28. The van der Waals surface area contributed by atoms with Crippen molar-refractivity contribution in [1.82, 2.24) is 4.98 Å². The second kappa shape index (κ2) is 4.37. The van der Waals surface area contributed by atoms with Crippen LogP contribution in [0.15, 0.2) is 30.3 Å². The number of benzene rings is 1. The van der Waals surface area contributed by atoms with Crippen LogP contribution in [0.5, 0.6) is 11.6 Å². The fourth-order valence-corrected chi connectivity index (χ4v) is 1.42. The average Bonchev–Trinajstić information content (AvgIpc) is 2.29. The first kappa shape index (κ1) is 8.00. The average molecular weight is 240 g/mol. The third-order valence-electron chi connectivity index (χ3n) is 2.14. The van der Waals surface area contributed by atoms with Gasteiger partial charge in [0, 0.05) is 17.7 Å². The lowest BCUT2D eigenvalue weighted by atomic mass is 10.1. The minimum Gasteiger partial charge on any atom is -0.508 e. The zero-order valence-electron chi connectivity index (χ0n) is 11.4. The van der Waals surface area contributed by atoms with Gasteiger partial charge in [-0.05, 0) is 23.8 Å². The second-order valence-corrected chi connectivity index (χ2v) is 3.28. The smallest absolute Gasteiger partial charge is 0.216 e. The van der Waals surface area contributed by atoms with Gasteiger partial charge in [0.05, 0.1) is 11.2 Å². The molecule has 0 spiro atoms. The van der Waals surface area contributed by atoms with Crippen molar-refractivity contribution in [3.05, 3.63) is 42.1 Å². The van der Waals surface area contributed by atoms with Crippen LogP contribution in [-0.2, 0) is 0 Å². The molecule has 1 N–H and O–H groups in total. The van der Waals surface area contributed by atoms with Gasteiger partial charge < -0.3 is 9.84 Å². The van der Waals surface area contributed by atoms with Crippen LogP contribution in [0.1, 0.15) is 4.11 Å². The molecule has 0 aliphatic heterocycles. The van der Waals surface area contributed by atoms with Gasteiger partial charge in [0.15, 0.2) is 0 Å². The van der Waals surface area contributed by atoms with Gasteiger partial charge in [-0.3, -0.25) is 0 Å². The number of methoxy groups -OCH3 is 1. The summed E-state index contributed by atoms with van der Waals surface area (Å²) in [6, 6.07) is 5.21. The molecule has 0 unspecified atom stereocenters. The fourth-order valence-electron chi connectivity index (χ4n) is 1.42. The maximum Gasteiger partial charge on any atom is 0.216 e. The van der Waals surface area contributed by atoms with Gasteiger partial charge in [0.2, 0.25) is 11.8 Å². The lowest BCUT2D eigenvalue weighted by molar-refractivity contribution is 0.387. The maximum atomic E-state index is 13.7. The minimum atomic E-state index is -2.80. The lowest BCUT2D eigenvalue weighted by Crippen LogP contribution is -1.93. The zero-order valence-corrected chi connectivity index (χ0v) is 8.45. The molecule has 17 heavy (non-hydrogen) atoms. The summed E-state index contributed by atoms with van der Waals surface area (Å²) in [7, 11) is -2.80. The van der Waals surface area contributed by atoms with Gasteiger partial charge in [-0.1, -0.05) is 0 Å². The van der Waals surface area contributed by atoms with E-state index in [2.05, 4.69) is 9.72 Å². The van der Waals surface area contributed by atoms with Crippen molar-refractivity contribution >= 4 is 0 Å². The molecule has 0 atom stereocenters. The number of phenolic OH excluding ortho intramolecular Hbond substituents is 1. The van der Waals surface area contributed by atoms with Crippen molar-refractivity contribution < 1.29 is 22.7 Å². The van der Waals surface area contributed by atoms with Crippen molar-refractivity contribution in [3.63, 3.8) is 0 Å². The number of nitrogens with zero attached hydrogens (tertiary/aromatic N) is 1. The first-order chi connectivity index (χ1) is 9.24. The summed E-state index contributed by atoms with van der Waals surface area (Å²) >= 11 is 0. The van der Waals surface area contributed by atoms with Crippen LogP contribution in [0.25, 0.3) is 11.1 Å². The molecule has 3 nitrogen and oxygen atoms in total. The van der Waals surface area contributed by atoms with E-state index in [-0.39, 0.29) is 16.9 Å². The van der Waals surface area contributed by atoms with Crippen LogP contribution in [0.3, 0.4) is 0 Å². The fraction of sp³-hybridized carbons (Fsp3) is 0.0833. The number of aromatic hydroxyl groups is 1. The molecule has 0 amide bonds. The Kier molecular flexibility index (Phi) is 2.06. The van der Waals surface area contributed by atoms with E-state index in [0.29, 0.717) is 0 Å². The Balaban J connectivity index is 2.49. The summed E-state index contributed by atoms with van der Waals surface area (Å²) in [4.78, 5) is 3.26. The predicted octanol–water partition coefficient (Wildman–Crippen LogP) is 2.74. The van der Waals surface area contributed by atoms with E-state index in [0.717, 1.165) is 30.3 Å². The SMILES string of the molecule is [2H]C([2H])([2H])Oc1cc(-c2cc(O)ccc2F)cc(F)n1. The molecule has 1 aromatic carbocycles. The molecule has 0 fully saturated rings. The number of pyridine rings is 1. The highest BCUT2D eigenvalue weighted by molar-refractivity contribution is 5.66. The largest absolute Gasteiger partial charge is 0.508 e. The molecule has 1 aromatic heterocycles. The topological polar surface area (TPSA) is 42.4 Å². The molecule has 5 heteroatoms. The first-order valence-electron chi connectivity index (χ1n) is 6.10. The number of hydrogen-bond donors (Lipinski definition) is 1. The Labute approximate surface area is 101 Å². The number of rotatable bonds is 2. The van der Waals surface area contributed by atoms with Gasteiger partial charge in [-0.25, -0.2) is 4.39 Å². The number of hydrogen-bond acceptors (Lipinski definition) is 3. The highest BCUT2D eigenvalue weighted by Gasteiger charge is 2.10. The molecular formula is C12H9F2NO2. The van der Waals surface area contributed by atoms with Crippen LogP contribution in [0.2, 0.25) is 0 Å². The summed E-state index contributed by atoms with van der Waals surface area (Å²) in [6.45, 7) is 0. The molecule has 88 valence electrons. The molecular weight excluding hydrogens is 228 g/mol. The number of aromatic nitrogens is 1. The molecule has 0 bridgehead atoms. The molecule has 2 rings (SSSR count). The summed E-state index contributed by atoms with van der Waals surface area (Å²) < 4.78 is 52.3. The van der Waals surface area contributed by atoms with Gasteiger partial charge in [0.25, 0.3) is 0 Å². The molecule has 0 saturated heterocycles. The summed E-state index contributed by atoms with van der Waals surface area (Å²) in [5.41, 5.74) is -0.0909. The van der Waals surface area contributed by atoms with Crippen LogP contribution < -0.4 is 4.74 Å². The number of phenols is 1. The Bertz CT molecular complexity index is 647. The van der Waals surface area contributed by atoms with Gasteiger partial charge in [-0.2, -0.15) is 9.37 Å². The van der Waals surface area contributed by atoms with Crippen molar-refractivity contribution in [3.8, 4) is 22.8 Å². The Morgan fingerprint density at radius 1 is 1.29 bits per heavy atom. The number of ether oxygens (including phenoxy) is 1. The van der Waals surface area contributed by atoms with E-state index in [1.807, 2.05) is 0 Å². The van der Waals surface area contributed by atoms with E-state index in [4.69, 9.17) is 4.11 Å². The molecule has 0 aliphatic carbocycles. The van der Waals surface area contributed by atoms with E-state index >= 15 is 0 Å². The van der Waals surface area contributed by atoms with Crippen molar-refractivity contribution in [1.29, 1.82) is 0 Å². The van der Waals surface area contributed by atoms with Crippen molar-refractivity contribution in [2.24, 2.45) is 0 Å². The van der Waals surface area contributed by atoms with Crippen molar-refractivity contribution in [2.45, 2.75) is 0 Å². The van der Waals surface area contributed by atoms with Gasteiger partial charge >= 0.3 is 0 Å². The van der Waals surface area contributed by atoms with Gasteiger partial charge in [-0.15, -0.1) is 0 Å². The van der Waals surface area contributed by atoms with E-state index in [9.17, 15) is 13.9 Å². The first-order valence-corrected chi connectivity index (χ1v) is 4.60. The minimum absolute atomic E-state index is 0.00477. The monoisotopic (exact) mass is 240 g/mol. The zero-order chi connectivity index (χ0) is 14.9. The van der Waals surface area contributed by atoms with E-state index < -0.39 is 24.7 Å². The van der Waals surface area contributed by atoms with Crippen LogP contribution >= 0.6 is 0 Å². The molecule has 0 saturated carbocycles. The summed E-state index contributed by atoms with van der Waals surface area (Å²) in [5.74, 6) is -2.43. The maximum absolute atomic E-state index is 13.7. The standard InChI is InChI=1S/C12H9F2NO2/c1-17-12-5-7(4-11(14)15-12)9-6-8(16)2-3-10(9)13/h2-6,16H,1H3/i1D3. The third kappa shape index (κ3) is 2.33. The predicted molar refractivity (Wildman–Crippen MR) is 57.8 cm³/mol. The normalized spacial score (nSPS) is 13.6. The Hall–Kier alpha value is -2.17. The Morgan fingerprint density at radius 3 is 2.88 bits per heavy atom. The van der Waals surface area contributed by atoms with Crippen molar-refractivity contribution in [2.75, 3.05) is 7.04 Å². The molecule has 0 radical (unpaired) electrons. The summed E-state index contributed by atoms with van der Waals surface area (Å²) in [6.07, 6.45) is 0. The van der Waals surface area contributed by atoms with Gasteiger partial charge in [0.1, 0.15) is 11.6 Å². The molecule has 2 aromatic rings. The molecule has 1 heterocycles. The van der Waals surface area contributed by atoms with Crippen LogP contribution in [-0.4, -0.2) is 17.1 Å².